The molecule has 1 saturated heterocycles. The summed E-state index contributed by atoms with van der Waals surface area (Å²) in [4.78, 5) is 0. The average molecular weight is 217 g/mol. The van der Waals surface area contributed by atoms with Gasteiger partial charge in [0.1, 0.15) is 0 Å². The summed E-state index contributed by atoms with van der Waals surface area (Å²) in [6.07, 6.45) is 4.36. The predicted octanol–water partition coefficient (Wildman–Crippen LogP) is 2.31. The Bertz CT molecular complexity index is 358. The maximum absolute atomic E-state index is 5.40. The summed E-state index contributed by atoms with van der Waals surface area (Å²) in [6.45, 7) is 6.82. The highest BCUT2D eigenvalue weighted by Crippen LogP contribution is 2.11. The molecule has 16 heavy (non-hydrogen) atoms. The highest BCUT2D eigenvalue weighted by molar-refractivity contribution is 5.52. The van der Waals surface area contributed by atoms with Crippen LogP contribution in [0.1, 0.15) is 16.7 Å². The molecule has 1 fully saturated rings. The Morgan fingerprint density at radius 1 is 1.25 bits per heavy atom. The molecule has 0 aromatic heterocycles. The van der Waals surface area contributed by atoms with Gasteiger partial charge in [-0.2, -0.15) is 0 Å². The van der Waals surface area contributed by atoms with Crippen LogP contribution in [-0.2, 0) is 4.74 Å². The van der Waals surface area contributed by atoms with Gasteiger partial charge < -0.3 is 10.1 Å². The fourth-order valence-corrected chi connectivity index (χ4v) is 2.04. The minimum absolute atomic E-state index is 0.356. The molecule has 2 heteroatoms. The molecule has 0 bridgehead atoms. The van der Waals surface area contributed by atoms with E-state index in [1.54, 1.807) is 0 Å². The van der Waals surface area contributed by atoms with E-state index >= 15 is 0 Å². The molecule has 1 atom stereocenters. The third-order valence-corrected chi connectivity index (χ3v) is 2.72. The lowest BCUT2D eigenvalue weighted by Crippen LogP contribution is -2.39. The van der Waals surface area contributed by atoms with Crippen molar-refractivity contribution in [1.29, 1.82) is 0 Å². The van der Waals surface area contributed by atoms with E-state index in [0.29, 0.717) is 6.04 Å². The number of hydrogen-bond donors (Lipinski definition) is 1. The Labute approximate surface area is 97.3 Å². The first-order valence-corrected chi connectivity index (χ1v) is 5.82. The van der Waals surface area contributed by atoms with E-state index in [1.807, 2.05) is 0 Å². The molecule has 1 aliphatic rings. The first kappa shape index (κ1) is 11.4. The highest BCUT2D eigenvalue weighted by Gasteiger charge is 2.08. The molecule has 2 rings (SSSR count). The number of ether oxygens (including phenoxy) is 1. The van der Waals surface area contributed by atoms with Crippen molar-refractivity contribution in [3.05, 3.63) is 41.0 Å². The summed E-state index contributed by atoms with van der Waals surface area (Å²) in [5.41, 5.74) is 3.89. The van der Waals surface area contributed by atoms with Crippen LogP contribution in [0.25, 0.3) is 6.08 Å². The van der Waals surface area contributed by atoms with E-state index in [0.717, 1.165) is 19.8 Å². The summed E-state index contributed by atoms with van der Waals surface area (Å²) in [7, 11) is 0. The monoisotopic (exact) mass is 217 g/mol. The summed E-state index contributed by atoms with van der Waals surface area (Å²) >= 11 is 0. The van der Waals surface area contributed by atoms with Gasteiger partial charge in [0.05, 0.1) is 13.2 Å². The molecule has 0 amide bonds. The van der Waals surface area contributed by atoms with Crippen LogP contribution in [0.3, 0.4) is 0 Å². The van der Waals surface area contributed by atoms with Gasteiger partial charge >= 0.3 is 0 Å². The summed E-state index contributed by atoms with van der Waals surface area (Å²) in [5.74, 6) is 0. The van der Waals surface area contributed by atoms with Gasteiger partial charge in [-0.25, -0.2) is 0 Å². The van der Waals surface area contributed by atoms with Crippen molar-refractivity contribution in [2.45, 2.75) is 19.9 Å². The van der Waals surface area contributed by atoms with Gasteiger partial charge in [0.15, 0.2) is 0 Å². The molecule has 1 aromatic carbocycles. The predicted molar refractivity (Wildman–Crippen MR) is 67.6 cm³/mol. The van der Waals surface area contributed by atoms with Gasteiger partial charge in [0.2, 0.25) is 0 Å². The van der Waals surface area contributed by atoms with Crippen LogP contribution in [0.5, 0.6) is 0 Å². The molecule has 1 aliphatic heterocycles. The lowest BCUT2D eigenvalue weighted by molar-refractivity contribution is 0.0903. The van der Waals surface area contributed by atoms with Crippen LogP contribution in [0, 0.1) is 13.8 Å². The fourth-order valence-electron chi connectivity index (χ4n) is 2.04. The zero-order chi connectivity index (χ0) is 11.4. The number of rotatable bonds is 2. The molecule has 2 nitrogen and oxygen atoms in total. The van der Waals surface area contributed by atoms with Gasteiger partial charge in [0, 0.05) is 12.6 Å². The topological polar surface area (TPSA) is 21.3 Å². The maximum Gasteiger partial charge on any atom is 0.0656 e. The molecule has 0 radical (unpaired) electrons. The van der Waals surface area contributed by atoms with Gasteiger partial charge in [-0.15, -0.1) is 0 Å². The van der Waals surface area contributed by atoms with E-state index < -0.39 is 0 Å². The highest BCUT2D eigenvalue weighted by atomic mass is 16.5. The van der Waals surface area contributed by atoms with Crippen molar-refractivity contribution in [3.63, 3.8) is 0 Å². The zero-order valence-electron chi connectivity index (χ0n) is 9.99. The number of hydrogen-bond acceptors (Lipinski definition) is 2. The zero-order valence-corrected chi connectivity index (χ0v) is 9.99. The first-order chi connectivity index (χ1) is 7.74. The molecular formula is C14H19NO. The summed E-state index contributed by atoms with van der Waals surface area (Å²) < 4.78 is 5.40. The van der Waals surface area contributed by atoms with Crippen LogP contribution < -0.4 is 5.32 Å². The number of morpholine rings is 1. The molecular weight excluding hydrogens is 198 g/mol. The van der Waals surface area contributed by atoms with Crippen LogP contribution in [-0.4, -0.2) is 25.8 Å². The molecule has 1 N–H and O–H groups in total. The van der Waals surface area contributed by atoms with Crippen molar-refractivity contribution >= 4 is 6.08 Å². The maximum atomic E-state index is 5.40. The van der Waals surface area contributed by atoms with E-state index in [-0.39, 0.29) is 0 Å². The normalized spacial score (nSPS) is 21.5. The second-order valence-electron chi connectivity index (χ2n) is 4.42. The summed E-state index contributed by atoms with van der Waals surface area (Å²) in [6, 6.07) is 6.95. The van der Waals surface area contributed by atoms with Gasteiger partial charge in [-0.3, -0.25) is 0 Å². The van der Waals surface area contributed by atoms with E-state index in [2.05, 4.69) is 49.5 Å². The molecule has 0 saturated carbocycles. The Morgan fingerprint density at radius 3 is 2.62 bits per heavy atom. The molecule has 0 aliphatic carbocycles. The molecule has 1 heterocycles. The van der Waals surface area contributed by atoms with Crippen molar-refractivity contribution < 1.29 is 4.74 Å². The third-order valence-electron chi connectivity index (χ3n) is 2.72. The molecule has 0 spiro atoms. The van der Waals surface area contributed by atoms with E-state index in [1.165, 1.54) is 16.7 Å². The quantitative estimate of drug-likeness (QED) is 0.820. The second kappa shape index (κ2) is 5.28. The minimum atomic E-state index is 0.356. The van der Waals surface area contributed by atoms with Crippen LogP contribution in [0.15, 0.2) is 24.3 Å². The first-order valence-electron chi connectivity index (χ1n) is 5.82. The van der Waals surface area contributed by atoms with Crippen molar-refractivity contribution in [3.8, 4) is 0 Å². The lowest BCUT2D eigenvalue weighted by atomic mass is 10.1. The number of nitrogens with one attached hydrogen (secondary N) is 1. The van der Waals surface area contributed by atoms with Crippen molar-refractivity contribution in [2.24, 2.45) is 0 Å². The second-order valence-corrected chi connectivity index (χ2v) is 4.42. The number of benzene rings is 1. The molecule has 1 unspecified atom stereocenters. The summed E-state index contributed by atoms with van der Waals surface area (Å²) in [5, 5.41) is 3.41. The van der Waals surface area contributed by atoms with E-state index in [4.69, 9.17) is 4.74 Å². The smallest absolute Gasteiger partial charge is 0.0656 e. The SMILES string of the molecule is Cc1cc(C)cc(/C=C/C2COCCN2)c1. The lowest BCUT2D eigenvalue weighted by Gasteiger charge is -2.20. The average Bonchev–Trinajstić information content (AvgIpc) is 2.27. The Hall–Kier alpha value is -1.12. The van der Waals surface area contributed by atoms with Gasteiger partial charge in [-0.1, -0.05) is 41.5 Å². The van der Waals surface area contributed by atoms with Crippen LogP contribution >= 0.6 is 0 Å². The molecule has 86 valence electrons. The van der Waals surface area contributed by atoms with Crippen LogP contribution in [0.4, 0.5) is 0 Å². The van der Waals surface area contributed by atoms with Crippen LogP contribution in [0.2, 0.25) is 0 Å². The largest absolute Gasteiger partial charge is 0.378 e. The van der Waals surface area contributed by atoms with E-state index in [9.17, 15) is 0 Å². The van der Waals surface area contributed by atoms with Gasteiger partial charge in [-0.05, 0) is 19.4 Å². The van der Waals surface area contributed by atoms with Gasteiger partial charge in [0.25, 0.3) is 0 Å². The third kappa shape index (κ3) is 3.19. The standard InChI is InChI=1S/C14H19NO/c1-11-7-12(2)9-13(8-11)3-4-14-10-16-6-5-15-14/h3-4,7-9,14-15H,5-6,10H2,1-2H3/b4-3+. The van der Waals surface area contributed by atoms with Crippen molar-refractivity contribution in [2.75, 3.05) is 19.8 Å². The Balaban J connectivity index is 2.04. The minimum Gasteiger partial charge on any atom is -0.378 e. The fraction of sp³-hybridized carbons (Fsp3) is 0.429. The number of aryl methyl sites for hydroxylation is 2. The molecule has 1 aromatic rings. The Morgan fingerprint density at radius 2 is 2.00 bits per heavy atom. The van der Waals surface area contributed by atoms with Crippen molar-refractivity contribution in [1.82, 2.24) is 5.32 Å². The Kier molecular flexibility index (Phi) is 3.75.